The molecule has 2 heterocycles. The molecular formula is C13H22N2O2S. The molecule has 1 N–H and O–H groups in total. The van der Waals surface area contributed by atoms with Crippen molar-refractivity contribution in [1.29, 1.82) is 0 Å². The van der Waals surface area contributed by atoms with Crippen LogP contribution in [0.5, 0.6) is 0 Å². The zero-order valence-corrected chi connectivity index (χ0v) is 12.2. The monoisotopic (exact) mass is 270 g/mol. The maximum Gasteiger partial charge on any atom is 0.318 e. The molecule has 102 valence electrons. The summed E-state index contributed by atoms with van der Waals surface area (Å²) in [7, 11) is 1.89. The fraction of sp³-hybridized carbons (Fsp3) is 0.846. The number of ketones is 1. The van der Waals surface area contributed by atoms with E-state index >= 15 is 0 Å². The molecule has 0 saturated carbocycles. The van der Waals surface area contributed by atoms with Gasteiger partial charge in [-0.15, -0.1) is 0 Å². The molecule has 5 heteroatoms. The fourth-order valence-corrected chi connectivity index (χ4v) is 4.88. The van der Waals surface area contributed by atoms with Crippen molar-refractivity contribution in [3.63, 3.8) is 0 Å². The van der Waals surface area contributed by atoms with Crippen molar-refractivity contribution in [2.24, 2.45) is 0 Å². The molecule has 2 rings (SSSR count). The molecule has 0 aromatic carbocycles. The third-order valence-electron chi connectivity index (χ3n) is 4.00. The van der Waals surface area contributed by atoms with Crippen molar-refractivity contribution in [3.8, 4) is 0 Å². The Morgan fingerprint density at radius 1 is 1.56 bits per heavy atom. The van der Waals surface area contributed by atoms with Crippen LogP contribution in [0, 0.1) is 0 Å². The van der Waals surface area contributed by atoms with E-state index in [-0.39, 0.29) is 17.4 Å². The second-order valence-electron chi connectivity index (χ2n) is 5.70. The zero-order valence-electron chi connectivity index (χ0n) is 11.4. The maximum atomic E-state index is 11.7. The summed E-state index contributed by atoms with van der Waals surface area (Å²) in [4.78, 5) is 24.5. The Hall–Kier alpha value is -0.710. The molecule has 0 aromatic rings. The number of nitrogens with zero attached hydrogens (tertiary/aromatic N) is 1. The summed E-state index contributed by atoms with van der Waals surface area (Å²) >= 11 is 1.96. The van der Waals surface area contributed by atoms with E-state index in [0.717, 1.165) is 25.0 Å². The largest absolute Gasteiger partial charge is 0.330 e. The topological polar surface area (TPSA) is 49.4 Å². The minimum Gasteiger partial charge on any atom is -0.330 e. The van der Waals surface area contributed by atoms with Crippen LogP contribution in [0.25, 0.3) is 0 Å². The maximum absolute atomic E-state index is 11.7. The predicted molar refractivity (Wildman–Crippen MR) is 73.9 cm³/mol. The van der Waals surface area contributed by atoms with E-state index in [1.165, 1.54) is 0 Å². The van der Waals surface area contributed by atoms with Gasteiger partial charge in [-0.2, -0.15) is 11.8 Å². The van der Waals surface area contributed by atoms with Gasteiger partial charge in [-0.25, -0.2) is 4.79 Å². The third kappa shape index (κ3) is 2.51. The number of unbranched alkanes of at least 4 members (excludes halogenated alkanes) is 1. The third-order valence-corrected chi connectivity index (χ3v) is 5.69. The Labute approximate surface area is 113 Å². The molecular weight excluding hydrogens is 248 g/mol. The SMILES string of the molecule is CC(=O)CCCC[C@@H]1SC[C@]2(C)NC(=O)N(C)[C@H]12. The highest BCUT2D eigenvalue weighted by Gasteiger charge is 2.54. The molecule has 2 fully saturated rings. The molecule has 4 nitrogen and oxygen atoms in total. The van der Waals surface area contributed by atoms with Gasteiger partial charge in [-0.1, -0.05) is 6.42 Å². The van der Waals surface area contributed by atoms with Crippen LogP contribution in [-0.4, -0.2) is 46.3 Å². The first-order valence-electron chi connectivity index (χ1n) is 6.60. The summed E-state index contributed by atoms with van der Waals surface area (Å²) in [6.45, 7) is 3.79. The van der Waals surface area contributed by atoms with Gasteiger partial charge >= 0.3 is 6.03 Å². The molecule has 0 aliphatic carbocycles. The Kier molecular flexibility index (Phi) is 3.90. The highest BCUT2D eigenvalue weighted by Crippen LogP contribution is 2.43. The van der Waals surface area contributed by atoms with Crippen LogP contribution >= 0.6 is 11.8 Å². The molecule has 0 aromatic heterocycles. The number of rotatable bonds is 5. The quantitative estimate of drug-likeness (QED) is 0.614. The first-order valence-corrected chi connectivity index (χ1v) is 7.65. The van der Waals surface area contributed by atoms with Crippen molar-refractivity contribution in [3.05, 3.63) is 0 Å². The summed E-state index contributed by atoms with van der Waals surface area (Å²) in [5, 5.41) is 3.60. The van der Waals surface area contributed by atoms with E-state index in [4.69, 9.17) is 0 Å². The normalized spacial score (nSPS) is 34.6. The predicted octanol–water partition coefficient (Wildman–Crippen LogP) is 2.03. The van der Waals surface area contributed by atoms with Crippen LogP contribution in [0.15, 0.2) is 0 Å². The van der Waals surface area contributed by atoms with Gasteiger partial charge in [0, 0.05) is 24.5 Å². The van der Waals surface area contributed by atoms with E-state index in [9.17, 15) is 9.59 Å². The van der Waals surface area contributed by atoms with E-state index in [2.05, 4.69) is 12.2 Å². The van der Waals surface area contributed by atoms with Crippen LogP contribution in [0.4, 0.5) is 4.79 Å². The lowest BCUT2D eigenvalue weighted by Crippen LogP contribution is -2.48. The summed E-state index contributed by atoms with van der Waals surface area (Å²) < 4.78 is 0. The number of fused-ring (bicyclic) bond motifs is 1. The number of hydrogen-bond acceptors (Lipinski definition) is 3. The average molecular weight is 270 g/mol. The Morgan fingerprint density at radius 3 is 2.94 bits per heavy atom. The van der Waals surface area contributed by atoms with Crippen molar-refractivity contribution in [2.75, 3.05) is 12.8 Å². The van der Waals surface area contributed by atoms with Gasteiger partial charge in [-0.05, 0) is 26.7 Å². The Morgan fingerprint density at radius 2 is 2.28 bits per heavy atom. The first kappa shape index (κ1) is 13.7. The molecule has 18 heavy (non-hydrogen) atoms. The highest BCUT2D eigenvalue weighted by molar-refractivity contribution is 8.00. The highest BCUT2D eigenvalue weighted by atomic mass is 32.2. The number of carbonyl (C=O) groups is 2. The van der Waals surface area contributed by atoms with Crippen LogP contribution in [0.2, 0.25) is 0 Å². The molecule has 2 aliphatic rings. The Bertz CT molecular complexity index is 361. The lowest BCUT2D eigenvalue weighted by molar-refractivity contribution is -0.117. The van der Waals surface area contributed by atoms with E-state index in [0.29, 0.717) is 17.7 Å². The van der Waals surface area contributed by atoms with E-state index < -0.39 is 0 Å². The van der Waals surface area contributed by atoms with Crippen molar-refractivity contribution >= 4 is 23.6 Å². The number of likely N-dealkylation sites (N-methyl/N-ethyl adjacent to an activating group) is 1. The van der Waals surface area contributed by atoms with Gasteiger partial charge in [0.2, 0.25) is 0 Å². The van der Waals surface area contributed by atoms with Crippen molar-refractivity contribution in [2.45, 2.75) is 56.4 Å². The molecule has 0 spiro atoms. The lowest BCUT2D eigenvalue weighted by atomic mass is 9.91. The minimum absolute atomic E-state index is 0.0523. The molecule has 0 unspecified atom stereocenters. The molecule has 2 saturated heterocycles. The molecule has 2 aliphatic heterocycles. The second kappa shape index (κ2) is 5.11. The average Bonchev–Trinajstić information content (AvgIpc) is 2.70. The zero-order chi connectivity index (χ0) is 13.3. The van der Waals surface area contributed by atoms with E-state index in [1.807, 2.05) is 23.7 Å². The first-order chi connectivity index (χ1) is 8.44. The lowest BCUT2D eigenvalue weighted by Gasteiger charge is -2.28. The number of nitrogens with one attached hydrogen (secondary N) is 1. The number of amides is 2. The summed E-state index contributed by atoms with van der Waals surface area (Å²) in [6.07, 6.45) is 3.83. The van der Waals surface area contributed by atoms with Crippen LogP contribution in [0.3, 0.4) is 0 Å². The van der Waals surface area contributed by atoms with Crippen LogP contribution in [0.1, 0.15) is 39.5 Å². The standard InChI is InChI=1S/C13H22N2O2S/c1-9(16)6-4-5-7-10-11-13(2,8-18-10)14-12(17)15(11)3/h10-11H,4-8H2,1-3H3,(H,14,17)/t10-,11+,13-/m0/s1. The summed E-state index contributed by atoms with van der Waals surface area (Å²) in [5.74, 6) is 1.26. The van der Waals surface area contributed by atoms with Crippen LogP contribution < -0.4 is 5.32 Å². The van der Waals surface area contributed by atoms with Crippen LogP contribution in [-0.2, 0) is 4.79 Å². The van der Waals surface area contributed by atoms with Crippen molar-refractivity contribution in [1.82, 2.24) is 10.2 Å². The molecule has 2 amide bonds. The van der Waals surface area contributed by atoms with Gasteiger partial charge in [0.1, 0.15) is 5.78 Å². The number of hydrogen-bond donors (Lipinski definition) is 1. The van der Waals surface area contributed by atoms with Gasteiger partial charge in [-0.3, -0.25) is 0 Å². The number of thioether (sulfide) groups is 1. The summed E-state index contributed by atoms with van der Waals surface area (Å²) in [6, 6.07) is 0.351. The van der Waals surface area contributed by atoms with Gasteiger partial charge in [0.15, 0.2) is 0 Å². The van der Waals surface area contributed by atoms with Gasteiger partial charge < -0.3 is 15.0 Å². The second-order valence-corrected chi connectivity index (χ2v) is 6.93. The molecule has 0 radical (unpaired) electrons. The summed E-state index contributed by atoms with van der Waals surface area (Å²) in [5.41, 5.74) is -0.0677. The number of urea groups is 1. The molecule has 3 atom stereocenters. The van der Waals surface area contributed by atoms with Gasteiger partial charge in [0.05, 0.1) is 11.6 Å². The smallest absolute Gasteiger partial charge is 0.318 e. The Balaban J connectivity index is 1.87. The van der Waals surface area contributed by atoms with E-state index in [1.54, 1.807) is 6.92 Å². The molecule has 0 bridgehead atoms. The fourth-order valence-electron chi connectivity index (χ4n) is 3.07. The number of Topliss-reactive ketones (excluding diaryl/α,β-unsaturated/α-hetero) is 1. The number of carbonyl (C=O) groups excluding carboxylic acids is 2. The van der Waals surface area contributed by atoms with Gasteiger partial charge in [0.25, 0.3) is 0 Å². The van der Waals surface area contributed by atoms with Crippen molar-refractivity contribution < 1.29 is 9.59 Å². The minimum atomic E-state index is -0.0677.